The van der Waals surface area contributed by atoms with E-state index in [4.69, 9.17) is 9.26 Å². The molecule has 5 aromatic rings. The van der Waals surface area contributed by atoms with Gasteiger partial charge in [-0.25, -0.2) is 9.37 Å². The smallest absolute Gasteiger partial charge is 0.302 e. The molecule has 11 nitrogen and oxygen atoms in total. The largest absolute Gasteiger partial charge is 0.461 e. The Balaban J connectivity index is 1.70. The molecule has 0 aliphatic carbocycles. The number of ether oxygens (including phenoxy) is 1. The molecule has 0 bridgehead atoms. The fourth-order valence-corrected chi connectivity index (χ4v) is 4.58. The normalized spacial score (nSPS) is 11.6. The molecule has 42 heavy (non-hydrogen) atoms. The van der Waals surface area contributed by atoms with Gasteiger partial charge >= 0.3 is 5.97 Å². The van der Waals surface area contributed by atoms with Gasteiger partial charge in [-0.05, 0) is 47.7 Å². The number of pyridine rings is 2. The number of anilines is 2. The molecule has 0 unspecified atom stereocenters. The van der Waals surface area contributed by atoms with Gasteiger partial charge in [-0.15, -0.1) is 0 Å². The molecule has 0 saturated heterocycles. The van der Waals surface area contributed by atoms with Gasteiger partial charge in [-0.2, -0.15) is 9.78 Å². The fourth-order valence-electron chi connectivity index (χ4n) is 4.58. The quantitative estimate of drug-likeness (QED) is 0.288. The zero-order chi connectivity index (χ0) is 30.3. The minimum atomic E-state index is -0.719. The van der Waals surface area contributed by atoms with Gasteiger partial charge in [-0.3, -0.25) is 14.4 Å². The third-order valence-electron chi connectivity index (χ3n) is 6.74. The molecule has 1 N–H and O–H groups in total. The summed E-state index contributed by atoms with van der Waals surface area (Å²) in [6.07, 6.45) is 4.47. The second kappa shape index (κ2) is 10.7. The predicted molar refractivity (Wildman–Crippen MR) is 154 cm³/mol. The number of hydrogen-bond donors (Lipinski definition) is 1. The molecule has 1 aromatic carbocycles. The molecule has 0 spiro atoms. The number of rotatable bonds is 6. The van der Waals surface area contributed by atoms with Crippen LogP contribution in [0.2, 0.25) is 0 Å². The summed E-state index contributed by atoms with van der Waals surface area (Å²) in [5.41, 5.74) is 0.924. The zero-order valence-corrected chi connectivity index (χ0v) is 24.0. The summed E-state index contributed by atoms with van der Waals surface area (Å²) in [6, 6.07) is 8.01. The van der Waals surface area contributed by atoms with Crippen molar-refractivity contribution in [2.45, 2.75) is 46.6 Å². The molecule has 0 fully saturated rings. The summed E-state index contributed by atoms with van der Waals surface area (Å²) in [5.74, 6) is -0.267. The van der Waals surface area contributed by atoms with Crippen molar-refractivity contribution in [3.05, 3.63) is 92.3 Å². The number of carbonyl (C=O) groups is 1. The van der Waals surface area contributed by atoms with E-state index < -0.39 is 17.3 Å². The Labute approximate surface area is 239 Å². The maximum atomic E-state index is 15.4. The van der Waals surface area contributed by atoms with Crippen molar-refractivity contribution in [3.63, 3.8) is 0 Å². The van der Waals surface area contributed by atoms with Crippen molar-refractivity contribution in [3.8, 4) is 16.9 Å². The van der Waals surface area contributed by atoms with Gasteiger partial charge in [0.25, 0.3) is 11.1 Å². The second-order valence-corrected chi connectivity index (χ2v) is 11.0. The number of nitrogens with zero attached hydrogens (tertiary/aromatic N) is 5. The van der Waals surface area contributed by atoms with Crippen molar-refractivity contribution in [2.24, 2.45) is 7.05 Å². The van der Waals surface area contributed by atoms with E-state index in [1.807, 2.05) is 20.8 Å². The second-order valence-electron chi connectivity index (χ2n) is 11.0. The van der Waals surface area contributed by atoms with Gasteiger partial charge < -0.3 is 19.1 Å². The third kappa shape index (κ3) is 5.42. The number of esters is 1. The van der Waals surface area contributed by atoms with E-state index in [1.165, 1.54) is 30.0 Å². The number of fused-ring (bicyclic) bond motifs is 1. The highest BCUT2D eigenvalue weighted by atomic mass is 19.1. The highest BCUT2D eigenvalue weighted by molar-refractivity contribution is 5.83. The number of carbonyl (C=O) groups excluding carboxylic acids is 1. The Bertz CT molecular complexity index is 1970. The molecule has 0 aliphatic rings. The van der Waals surface area contributed by atoms with Crippen LogP contribution in [0, 0.1) is 12.7 Å². The first-order chi connectivity index (χ1) is 19.8. The van der Waals surface area contributed by atoms with Crippen LogP contribution >= 0.6 is 0 Å². The average Bonchev–Trinajstić information content (AvgIpc) is 3.33. The Kier molecular flexibility index (Phi) is 7.23. The van der Waals surface area contributed by atoms with Crippen LogP contribution in [0.3, 0.4) is 0 Å². The van der Waals surface area contributed by atoms with E-state index in [-0.39, 0.29) is 34.5 Å². The molecule has 0 atom stereocenters. The maximum absolute atomic E-state index is 15.4. The molecule has 0 aliphatic heterocycles. The van der Waals surface area contributed by atoms with Gasteiger partial charge in [-0.1, -0.05) is 25.9 Å². The Morgan fingerprint density at radius 3 is 2.57 bits per heavy atom. The van der Waals surface area contributed by atoms with Crippen LogP contribution < -0.4 is 16.4 Å². The molecule has 0 radical (unpaired) electrons. The summed E-state index contributed by atoms with van der Waals surface area (Å²) < 4.78 is 28.2. The van der Waals surface area contributed by atoms with Crippen LogP contribution in [0.5, 0.6) is 0 Å². The maximum Gasteiger partial charge on any atom is 0.302 e. The minimum absolute atomic E-state index is 0.0513. The lowest BCUT2D eigenvalue weighted by Gasteiger charge is -2.20. The van der Waals surface area contributed by atoms with Crippen LogP contribution in [0.1, 0.15) is 44.6 Å². The Hall–Kier alpha value is -5.13. The molecule has 12 heteroatoms. The van der Waals surface area contributed by atoms with Crippen molar-refractivity contribution in [2.75, 3.05) is 5.32 Å². The molecule has 4 heterocycles. The van der Waals surface area contributed by atoms with E-state index in [1.54, 1.807) is 44.4 Å². The number of nitrogens with one attached hydrogen (secondary N) is 1. The van der Waals surface area contributed by atoms with Gasteiger partial charge in [0.2, 0.25) is 0 Å². The van der Waals surface area contributed by atoms with E-state index in [2.05, 4.69) is 20.6 Å². The van der Waals surface area contributed by atoms with Crippen molar-refractivity contribution >= 4 is 28.2 Å². The van der Waals surface area contributed by atoms with Gasteiger partial charge in [0.1, 0.15) is 23.9 Å². The fraction of sp³-hybridized carbons (Fsp3) is 0.267. The van der Waals surface area contributed by atoms with Crippen LogP contribution in [0.25, 0.3) is 27.7 Å². The Morgan fingerprint density at radius 1 is 1.14 bits per heavy atom. The number of halogens is 1. The van der Waals surface area contributed by atoms with E-state index in [0.717, 1.165) is 10.2 Å². The van der Waals surface area contributed by atoms with Crippen molar-refractivity contribution < 1.29 is 18.4 Å². The lowest BCUT2D eigenvalue weighted by atomic mass is 9.86. The van der Waals surface area contributed by atoms with Crippen LogP contribution in [0.15, 0.2) is 63.0 Å². The predicted octanol–water partition coefficient (Wildman–Crippen LogP) is 4.69. The molecular weight excluding hydrogens is 543 g/mol. The first kappa shape index (κ1) is 28.4. The number of benzene rings is 1. The number of aromatic nitrogens is 5. The highest BCUT2D eigenvalue weighted by Crippen LogP contribution is 2.30. The van der Waals surface area contributed by atoms with Crippen molar-refractivity contribution in [1.82, 2.24) is 24.5 Å². The number of aryl methyl sites for hydroxylation is 2. The Morgan fingerprint density at radius 2 is 1.90 bits per heavy atom. The van der Waals surface area contributed by atoms with Crippen molar-refractivity contribution in [1.29, 1.82) is 0 Å². The monoisotopic (exact) mass is 572 g/mol. The van der Waals surface area contributed by atoms with Crippen LogP contribution in [-0.4, -0.2) is 30.5 Å². The third-order valence-corrected chi connectivity index (χ3v) is 6.74. The summed E-state index contributed by atoms with van der Waals surface area (Å²) in [4.78, 5) is 42.8. The molecule has 0 amide bonds. The molecule has 216 valence electrons. The molecule has 4 aromatic heterocycles. The van der Waals surface area contributed by atoms with E-state index in [0.29, 0.717) is 33.7 Å². The standard InChI is InChI=1S/C30H29FN6O5/c1-16-9-25(35-42-16)34-24-11-19(14-36(6)28(24)39)21-7-8-32-27(22(21)15-41-17(2)38)37-29(40)26-18(13-33-37)10-20(12-23(26)31)30(3,4)5/h7-14H,15H2,1-6H3,(H,34,35). The van der Waals surface area contributed by atoms with E-state index >= 15 is 4.39 Å². The average molecular weight is 573 g/mol. The summed E-state index contributed by atoms with van der Waals surface area (Å²) in [6.45, 7) is 8.57. The molecular formula is C30H29FN6O5. The zero-order valence-electron chi connectivity index (χ0n) is 24.0. The summed E-state index contributed by atoms with van der Waals surface area (Å²) in [5, 5.41) is 11.4. The first-order valence-corrected chi connectivity index (χ1v) is 13.1. The lowest BCUT2D eigenvalue weighted by molar-refractivity contribution is -0.142. The van der Waals surface area contributed by atoms with Crippen LogP contribution in [-0.2, 0) is 28.6 Å². The summed E-state index contributed by atoms with van der Waals surface area (Å²) >= 11 is 0. The number of hydrogen-bond acceptors (Lipinski definition) is 9. The first-order valence-electron chi connectivity index (χ1n) is 13.1. The van der Waals surface area contributed by atoms with Gasteiger partial charge in [0.05, 0.1) is 11.6 Å². The van der Waals surface area contributed by atoms with E-state index in [9.17, 15) is 14.4 Å². The molecule has 0 saturated carbocycles. The van der Waals surface area contributed by atoms with Gasteiger partial charge in [0, 0.05) is 48.9 Å². The minimum Gasteiger partial charge on any atom is -0.461 e. The lowest BCUT2D eigenvalue weighted by Crippen LogP contribution is -2.25. The molecule has 5 rings (SSSR count). The van der Waals surface area contributed by atoms with Crippen LogP contribution in [0.4, 0.5) is 15.9 Å². The summed E-state index contributed by atoms with van der Waals surface area (Å²) in [7, 11) is 1.59. The van der Waals surface area contributed by atoms with Gasteiger partial charge in [0.15, 0.2) is 11.6 Å². The SMILES string of the molecule is CC(=O)OCc1c(-c2cc(Nc3cc(C)on3)c(=O)n(C)c2)ccnc1-n1ncc2cc(C(C)(C)C)cc(F)c2c1=O. The highest BCUT2D eigenvalue weighted by Gasteiger charge is 2.22. The topological polar surface area (TPSA) is 134 Å².